The van der Waals surface area contributed by atoms with Gasteiger partial charge in [-0.2, -0.15) is 0 Å². The van der Waals surface area contributed by atoms with Crippen LogP contribution < -0.4 is 19.7 Å². The normalized spacial score (nSPS) is 19.6. The lowest BCUT2D eigenvalue weighted by Gasteiger charge is -2.36. The van der Waals surface area contributed by atoms with E-state index in [4.69, 9.17) is 9.47 Å². The smallest absolute Gasteiger partial charge is 0.321 e. The zero-order chi connectivity index (χ0) is 19.8. The maximum atomic E-state index is 12.7. The molecule has 1 aliphatic carbocycles. The molecule has 2 aromatic rings. The van der Waals surface area contributed by atoms with Crippen LogP contribution >= 0.6 is 0 Å². The number of nitrogens with zero attached hydrogens (tertiary/aromatic N) is 2. The van der Waals surface area contributed by atoms with Gasteiger partial charge in [-0.1, -0.05) is 12.1 Å². The molecule has 3 aliphatic rings. The van der Waals surface area contributed by atoms with Crippen LogP contribution in [0, 0.1) is 6.92 Å². The van der Waals surface area contributed by atoms with E-state index >= 15 is 0 Å². The highest BCUT2D eigenvalue weighted by molar-refractivity contribution is 5.90. The van der Waals surface area contributed by atoms with Gasteiger partial charge in [-0.25, -0.2) is 4.79 Å². The van der Waals surface area contributed by atoms with Crippen LogP contribution in [-0.4, -0.2) is 42.9 Å². The summed E-state index contributed by atoms with van der Waals surface area (Å²) in [6.45, 7) is 5.18. The second kappa shape index (κ2) is 7.17. The minimum Gasteiger partial charge on any atom is -0.448 e. The number of ether oxygens (including phenoxy) is 2. The number of aryl methyl sites for hydroxylation is 1. The Hall–Kier alpha value is -2.89. The van der Waals surface area contributed by atoms with E-state index in [-0.39, 0.29) is 6.03 Å². The summed E-state index contributed by atoms with van der Waals surface area (Å²) in [5.74, 6) is 1.03. The molecule has 152 valence electrons. The van der Waals surface area contributed by atoms with Crippen molar-refractivity contribution in [1.29, 1.82) is 0 Å². The average molecular weight is 393 g/mol. The molecule has 5 rings (SSSR count). The first kappa shape index (κ1) is 18.2. The Bertz CT molecular complexity index is 915. The van der Waals surface area contributed by atoms with Gasteiger partial charge in [0.1, 0.15) is 0 Å². The molecule has 1 saturated heterocycles. The Morgan fingerprint density at radius 1 is 0.966 bits per heavy atom. The van der Waals surface area contributed by atoms with Crippen LogP contribution in [-0.2, 0) is 0 Å². The number of hydrogen-bond donors (Lipinski definition) is 1. The van der Waals surface area contributed by atoms with E-state index in [1.54, 1.807) is 0 Å². The van der Waals surface area contributed by atoms with E-state index in [9.17, 15) is 4.79 Å². The summed E-state index contributed by atoms with van der Waals surface area (Å²) < 4.78 is 12.1. The van der Waals surface area contributed by atoms with Crippen molar-refractivity contribution in [3.63, 3.8) is 0 Å². The molecule has 2 aromatic carbocycles. The van der Waals surface area contributed by atoms with Crippen molar-refractivity contribution in [2.45, 2.75) is 38.4 Å². The SMILES string of the molecule is Cc1cccc(N2CCN(C(=O)Nc3ccc4c(c3)OC3(CCCC3)O4)CC2)c1. The van der Waals surface area contributed by atoms with Gasteiger partial charge in [0.2, 0.25) is 0 Å². The van der Waals surface area contributed by atoms with Gasteiger partial charge in [0, 0.05) is 56.5 Å². The molecule has 1 N–H and O–H groups in total. The van der Waals surface area contributed by atoms with Crippen molar-refractivity contribution in [2.24, 2.45) is 0 Å². The quantitative estimate of drug-likeness (QED) is 0.822. The minimum atomic E-state index is -0.475. The fourth-order valence-corrected chi connectivity index (χ4v) is 4.48. The van der Waals surface area contributed by atoms with Crippen LogP contribution in [0.15, 0.2) is 42.5 Å². The summed E-state index contributed by atoms with van der Waals surface area (Å²) in [4.78, 5) is 16.9. The van der Waals surface area contributed by atoms with E-state index in [1.165, 1.54) is 11.3 Å². The number of nitrogens with one attached hydrogen (secondary N) is 1. The van der Waals surface area contributed by atoms with Crippen LogP contribution in [0.25, 0.3) is 0 Å². The summed E-state index contributed by atoms with van der Waals surface area (Å²) in [7, 11) is 0. The third-order valence-electron chi connectivity index (χ3n) is 6.09. The second-order valence-electron chi connectivity index (χ2n) is 8.23. The Balaban J connectivity index is 1.19. The Kier molecular flexibility index (Phi) is 4.49. The lowest BCUT2D eigenvalue weighted by atomic mass is 10.2. The number of carbonyl (C=O) groups is 1. The van der Waals surface area contributed by atoms with Gasteiger partial charge in [-0.15, -0.1) is 0 Å². The van der Waals surface area contributed by atoms with E-state index in [2.05, 4.69) is 41.4 Å². The Morgan fingerprint density at radius 2 is 1.72 bits per heavy atom. The summed E-state index contributed by atoms with van der Waals surface area (Å²) in [6, 6.07) is 14.1. The fourth-order valence-electron chi connectivity index (χ4n) is 4.48. The largest absolute Gasteiger partial charge is 0.448 e. The van der Waals surface area contributed by atoms with Gasteiger partial charge >= 0.3 is 6.03 Å². The van der Waals surface area contributed by atoms with Crippen molar-refractivity contribution in [1.82, 2.24) is 4.90 Å². The predicted octanol–water partition coefficient (Wildman–Crippen LogP) is 4.39. The maximum Gasteiger partial charge on any atom is 0.321 e. The zero-order valence-electron chi connectivity index (χ0n) is 16.8. The molecule has 0 unspecified atom stereocenters. The lowest BCUT2D eigenvalue weighted by molar-refractivity contribution is -0.0716. The average Bonchev–Trinajstić information content (AvgIpc) is 3.33. The first-order valence-electron chi connectivity index (χ1n) is 10.5. The standard InChI is InChI=1S/C23H27N3O3/c1-17-5-4-6-19(15-17)25-11-13-26(14-12-25)22(27)24-18-7-8-20-21(16-18)29-23(28-20)9-2-3-10-23/h4-8,15-16H,2-3,9-14H2,1H3,(H,24,27). The highest BCUT2D eigenvalue weighted by atomic mass is 16.7. The molecule has 29 heavy (non-hydrogen) atoms. The second-order valence-corrected chi connectivity index (χ2v) is 8.23. The van der Waals surface area contributed by atoms with E-state index in [0.29, 0.717) is 13.1 Å². The van der Waals surface area contributed by atoms with E-state index in [0.717, 1.165) is 56.0 Å². The van der Waals surface area contributed by atoms with Crippen molar-refractivity contribution in [3.05, 3.63) is 48.0 Å². The summed E-state index contributed by atoms with van der Waals surface area (Å²) in [5, 5.41) is 3.02. The number of rotatable bonds is 2. The molecular weight excluding hydrogens is 366 g/mol. The van der Waals surface area contributed by atoms with E-state index < -0.39 is 5.79 Å². The number of amides is 2. The fraction of sp³-hybridized carbons (Fsp3) is 0.435. The van der Waals surface area contributed by atoms with E-state index in [1.807, 2.05) is 23.1 Å². The summed E-state index contributed by atoms with van der Waals surface area (Å²) in [6.07, 6.45) is 4.11. The summed E-state index contributed by atoms with van der Waals surface area (Å²) in [5.41, 5.74) is 3.22. The van der Waals surface area contributed by atoms with Gasteiger partial charge < -0.3 is 24.6 Å². The number of carbonyl (C=O) groups excluding carboxylic acids is 1. The molecule has 1 spiro atoms. The number of benzene rings is 2. The molecule has 1 saturated carbocycles. The maximum absolute atomic E-state index is 12.7. The zero-order valence-corrected chi connectivity index (χ0v) is 16.8. The molecule has 2 fully saturated rings. The molecule has 6 nitrogen and oxygen atoms in total. The van der Waals surface area contributed by atoms with Crippen LogP contribution in [0.4, 0.5) is 16.2 Å². The highest BCUT2D eigenvalue weighted by Gasteiger charge is 2.44. The Labute approximate surface area is 171 Å². The van der Waals surface area contributed by atoms with Crippen LogP contribution in [0.2, 0.25) is 0 Å². The van der Waals surface area contributed by atoms with Gasteiger partial charge in [-0.05, 0) is 49.6 Å². The molecule has 2 amide bonds. The van der Waals surface area contributed by atoms with Gasteiger partial charge in [0.15, 0.2) is 11.5 Å². The van der Waals surface area contributed by atoms with Crippen molar-refractivity contribution in [3.8, 4) is 11.5 Å². The first-order chi connectivity index (χ1) is 14.1. The molecule has 2 heterocycles. The molecule has 0 atom stereocenters. The minimum absolute atomic E-state index is 0.0664. The summed E-state index contributed by atoms with van der Waals surface area (Å²) >= 11 is 0. The van der Waals surface area contributed by atoms with Crippen LogP contribution in [0.1, 0.15) is 31.2 Å². The predicted molar refractivity (Wildman–Crippen MR) is 113 cm³/mol. The molecular formula is C23H27N3O3. The van der Waals surface area contributed by atoms with Gasteiger partial charge in [0.25, 0.3) is 5.79 Å². The topological polar surface area (TPSA) is 54.0 Å². The third-order valence-corrected chi connectivity index (χ3v) is 6.09. The third kappa shape index (κ3) is 3.59. The molecule has 6 heteroatoms. The van der Waals surface area contributed by atoms with Gasteiger partial charge in [0.05, 0.1) is 0 Å². The number of hydrogen-bond acceptors (Lipinski definition) is 4. The molecule has 2 aliphatic heterocycles. The van der Waals surface area contributed by atoms with Crippen LogP contribution in [0.3, 0.4) is 0 Å². The first-order valence-corrected chi connectivity index (χ1v) is 10.5. The highest BCUT2D eigenvalue weighted by Crippen LogP contribution is 2.47. The Morgan fingerprint density at radius 3 is 2.48 bits per heavy atom. The van der Waals surface area contributed by atoms with Crippen molar-refractivity contribution in [2.75, 3.05) is 36.4 Å². The van der Waals surface area contributed by atoms with Gasteiger partial charge in [-0.3, -0.25) is 0 Å². The number of piperazine rings is 1. The molecule has 0 bridgehead atoms. The molecule has 0 aromatic heterocycles. The number of fused-ring (bicyclic) bond motifs is 1. The lowest BCUT2D eigenvalue weighted by Crippen LogP contribution is -2.50. The number of urea groups is 1. The van der Waals surface area contributed by atoms with Crippen molar-refractivity contribution < 1.29 is 14.3 Å². The number of anilines is 2. The molecule has 0 radical (unpaired) electrons. The monoisotopic (exact) mass is 393 g/mol. The van der Waals surface area contributed by atoms with Crippen molar-refractivity contribution >= 4 is 17.4 Å². The van der Waals surface area contributed by atoms with Crippen LogP contribution in [0.5, 0.6) is 11.5 Å².